The molecule has 0 radical (unpaired) electrons. The molecule has 2 nitrogen and oxygen atoms in total. The first-order valence-corrected chi connectivity index (χ1v) is 4.14. The Balaban J connectivity index is 2.61. The first-order chi connectivity index (χ1) is 5.96. The normalized spacial score (nSPS) is 30.4. The molecule has 0 amide bonds. The van der Waals surface area contributed by atoms with Crippen molar-refractivity contribution in [3.05, 3.63) is 0 Å². The van der Waals surface area contributed by atoms with E-state index in [0.29, 0.717) is 6.54 Å². The Morgan fingerprint density at radius 2 is 2.15 bits per heavy atom. The SMILES string of the molecule is CC1C(C(F)(F)F)CCN1CC#N. The van der Waals surface area contributed by atoms with Gasteiger partial charge in [-0.2, -0.15) is 18.4 Å². The average Bonchev–Trinajstić information content (AvgIpc) is 2.32. The van der Waals surface area contributed by atoms with Crippen LogP contribution >= 0.6 is 0 Å². The number of halogens is 3. The van der Waals surface area contributed by atoms with E-state index in [2.05, 4.69) is 0 Å². The van der Waals surface area contributed by atoms with Crippen LogP contribution in [0.4, 0.5) is 13.2 Å². The number of hydrogen-bond donors (Lipinski definition) is 0. The molecule has 1 rings (SSSR count). The highest BCUT2D eigenvalue weighted by molar-refractivity contribution is 4.91. The molecule has 0 saturated carbocycles. The van der Waals surface area contributed by atoms with E-state index in [9.17, 15) is 13.2 Å². The smallest absolute Gasteiger partial charge is 0.287 e. The van der Waals surface area contributed by atoms with Crippen molar-refractivity contribution in [2.75, 3.05) is 13.1 Å². The Labute approximate surface area is 74.9 Å². The number of alkyl halides is 3. The Bertz CT molecular complexity index is 218. The largest absolute Gasteiger partial charge is 0.393 e. The fourth-order valence-corrected chi connectivity index (χ4v) is 1.76. The van der Waals surface area contributed by atoms with Crippen molar-refractivity contribution in [3.8, 4) is 6.07 Å². The van der Waals surface area contributed by atoms with E-state index in [1.165, 1.54) is 6.92 Å². The van der Waals surface area contributed by atoms with Gasteiger partial charge >= 0.3 is 6.18 Å². The summed E-state index contributed by atoms with van der Waals surface area (Å²) in [5.41, 5.74) is 0. The molecule has 74 valence electrons. The maximum absolute atomic E-state index is 12.3. The third-order valence-electron chi connectivity index (χ3n) is 2.58. The summed E-state index contributed by atoms with van der Waals surface area (Å²) >= 11 is 0. The predicted molar refractivity (Wildman–Crippen MR) is 40.8 cm³/mol. The molecule has 0 N–H and O–H groups in total. The summed E-state index contributed by atoms with van der Waals surface area (Å²) in [6.45, 7) is 2.00. The fraction of sp³-hybridized carbons (Fsp3) is 0.875. The van der Waals surface area contributed by atoms with Crippen LogP contribution in [0, 0.1) is 17.2 Å². The Morgan fingerprint density at radius 1 is 1.54 bits per heavy atom. The topological polar surface area (TPSA) is 27.0 Å². The van der Waals surface area contributed by atoms with E-state index in [0.717, 1.165) is 0 Å². The van der Waals surface area contributed by atoms with Crippen molar-refractivity contribution in [3.63, 3.8) is 0 Å². The summed E-state index contributed by atoms with van der Waals surface area (Å²) in [4.78, 5) is 1.57. The van der Waals surface area contributed by atoms with Gasteiger partial charge in [0.2, 0.25) is 0 Å². The monoisotopic (exact) mass is 192 g/mol. The first-order valence-electron chi connectivity index (χ1n) is 4.14. The van der Waals surface area contributed by atoms with Gasteiger partial charge in [0.25, 0.3) is 0 Å². The molecule has 2 unspecified atom stereocenters. The molecule has 0 spiro atoms. The molecular weight excluding hydrogens is 181 g/mol. The number of nitriles is 1. The zero-order valence-electron chi connectivity index (χ0n) is 7.30. The summed E-state index contributed by atoms with van der Waals surface area (Å²) in [5, 5.41) is 8.36. The minimum absolute atomic E-state index is 0.0910. The van der Waals surface area contributed by atoms with Crippen molar-refractivity contribution in [1.82, 2.24) is 4.90 Å². The van der Waals surface area contributed by atoms with Crippen molar-refractivity contribution in [2.45, 2.75) is 25.6 Å². The molecule has 1 aliphatic heterocycles. The van der Waals surface area contributed by atoms with Crippen LogP contribution in [0.5, 0.6) is 0 Å². The lowest BCUT2D eigenvalue weighted by atomic mass is 10.0. The fourth-order valence-electron chi connectivity index (χ4n) is 1.76. The molecule has 1 fully saturated rings. The summed E-state index contributed by atoms with van der Waals surface area (Å²) in [6, 6.07) is 1.31. The maximum atomic E-state index is 12.3. The molecule has 0 aromatic rings. The Hall–Kier alpha value is -0.760. The van der Waals surface area contributed by atoms with Gasteiger partial charge in [-0.05, 0) is 13.3 Å². The molecule has 1 saturated heterocycles. The van der Waals surface area contributed by atoms with Gasteiger partial charge in [-0.1, -0.05) is 0 Å². The van der Waals surface area contributed by atoms with E-state index < -0.39 is 18.1 Å². The van der Waals surface area contributed by atoms with Crippen molar-refractivity contribution in [1.29, 1.82) is 5.26 Å². The zero-order chi connectivity index (χ0) is 10.1. The van der Waals surface area contributed by atoms with E-state index >= 15 is 0 Å². The molecule has 0 aliphatic carbocycles. The lowest BCUT2D eigenvalue weighted by Gasteiger charge is -2.23. The molecular formula is C8H11F3N2. The molecule has 1 heterocycles. The molecule has 0 aromatic heterocycles. The number of rotatable bonds is 1. The van der Waals surface area contributed by atoms with Gasteiger partial charge in [-0.3, -0.25) is 4.90 Å². The third kappa shape index (κ3) is 2.13. The van der Waals surface area contributed by atoms with Crippen LogP contribution in [0.3, 0.4) is 0 Å². The van der Waals surface area contributed by atoms with E-state index in [-0.39, 0.29) is 13.0 Å². The number of hydrogen-bond acceptors (Lipinski definition) is 2. The summed E-state index contributed by atoms with van der Waals surface area (Å²) in [5.74, 6) is -1.26. The zero-order valence-corrected chi connectivity index (χ0v) is 7.30. The number of likely N-dealkylation sites (tertiary alicyclic amines) is 1. The second-order valence-corrected chi connectivity index (χ2v) is 3.31. The molecule has 1 aliphatic rings. The van der Waals surface area contributed by atoms with E-state index in [4.69, 9.17) is 5.26 Å². The van der Waals surface area contributed by atoms with Gasteiger partial charge in [0.05, 0.1) is 18.5 Å². The van der Waals surface area contributed by atoms with Crippen LogP contribution in [0.15, 0.2) is 0 Å². The van der Waals surface area contributed by atoms with Gasteiger partial charge in [0.1, 0.15) is 0 Å². The van der Waals surface area contributed by atoms with E-state index in [1.54, 1.807) is 4.90 Å². The van der Waals surface area contributed by atoms with Crippen molar-refractivity contribution in [2.24, 2.45) is 5.92 Å². The highest BCUT2D eigenvalue weighted by atomic mass is 19.4. The Morgan fingerprint density at radius 3 is 2.54 bits per heavy atom. The van der Waals surface area contributed by atoms with Gasteiger partial charge in [0.15, 0.2) is 0 Å². The minimum Gasteiger partial charge on any atom is -0.287 e. The van der Waals surface area contributed by atoms with Gasteiger partial charge in [-0.25, -0.2) is 0 Å². The highest BCUT2D eigenvalue weighted by Gasteiger charge is 2.47. The molecule has 13 heavy (non-hydrogen) atoms. The second-order valence-electron chi connectivity index (χ2n) is 3.31. The predicted octanol–water partition coefficient (Wildman–Crippen LogP) is 1.78. The minimum atomic E-state index is -4.12. The first kappa shape index (κ1) is 10.3. The van der Waals surface area contributed by atoms with Gasteiger partial charge < -0.3 is 0 Å². The summed E-state index contributed by atoms with van der Waals surface area (Å²) in [7, 11) is 0. The standard InChI is InChI=1S/C8H11F3N2/c1-6-7(8(9,10)11)2-4-13(6)5-3-12/h6-7H,2,4-5H2,1H3. The molecule has 5 heteroatoms. The van der Waals surface area contributed by atoms with Gasteiger partial charge in [0, 0.05) is 12.6 Å². The molecule has 0 bridgehead atoms. The van der Waals surface area contributed by atoms with Gasteiger partial charge in [-0.15, -0.1) is 0 Å². The lowest BCUT2D eigenvalue weighted by Crippen LogP contribution is -2.36. The van der Waals surface area contributed by atoms with Crippen LogP contribution in [-0.4, -0.2) is 30.2 Å². The van der Waals surface area contributed by atoms with Crippen molar-refractivity contribution >= 4 is 0 Å². The quantitative estimate of drug-likeness (QED) is 0.592. The molecule has 0 aromatic carbocycles. The summed E-state index contributed by atoms with van der Waals surface area (Å²) < 4.78 is 36.9. The van der Waals surface area contributed by atoms with E-state index in [1.807, 2.05) is 6.07 Å². The van der Waals surface area contributed by atoms with Crippen LogP contribution in [0.2, 0.25) is 0 Å². The Kier molecular flexibility index (Phi) is 2.81. The maximum Gasteiger partial charge on any atom is 0.393 e. The van der Waals surface area contributed by atoms with Crippen molar-refractivity contribution < 1.29 is 13.2 Å². The third-order valence-corrected chi connectivity index (χ3v) is 2.58. The van der Waals surface area contributed by atoms with Crippen LogP contribution in [0.1, 0.15) is 13.3 Å². The van der Waals surface area contributed by atoms with Crippen LogP contribution < -0.4 is 0 Å². The second kappa shape index (κ2) is 3.54. The molecule has 2 atom stereocenters. The highest BCUT2D eigenvalue weighted by Crippen LogP contribution is 2.37. The number of nitrogens with zero attached hydrogens (tertiary/aromatic N) is 2. The van der Waals surface area contributed by atoms with Crippen LogP contribution in [-0.2, 0) is 0 Å². The van der Waals surface area contributed by atoms with Crippen LogP contribution in [0.25, 0.3) is 0 Å². The summed E-state index contributed by atoms with van der Waals surface area (Å²) in [6.07, 6.45) is -4.00. The average molecular weight is 192 g/mol. The lowest BCUT2D eigenvalue weighted by molar-refractivity contribution is -0.178.